The van der Waals surface area contributed by atoms with Crippen LogP contribution >= 0.6 is 0 Å². The Morgan fingerprint density at radius 2 is 1.71 bits per heavy atom. The van der Waals surface area contributed by atoms with E-state index in [4.69, 9.17) is 11.5 Å². The Morgan fingerprint density at radius 3 is 2.40 bits per heavy atom. The number of nitrogens with two attached hydrogens (primary N) is 2. The maximum absolute atomic E-state index is 12.7. The highest BCUT2D eigenvalue weighted by Crippen LogP contribution is 2.32. The van der Waals surface area contributed by atoms with Gasteiger partial charge < -0.3 is 21.1 Å². The van der Waals surface area contributed by atoms with Crippen molar-refractivity contribution in [2.24, 2.45) is 5.73 Å². The summed E-state index contributed by atoms with van der Waals surface area (Å²) in [6.45, 7) is 3.94. The molecule has 0 aliphatic heterocycles. The molecule has 4 rings (SSSR count). The predicted octanol–water partition coefficient (Wildman–Crippen LogP) is 4.87. The maximum Gasteiger partial charge on any atom is 0.389 e. The third-order valence-corrected chi connectivity index (χ3v) is 5.89. The molecule has 0 saturated heterocycles. The summed E-state index contributed by atoms with van der Waals surface area (Å²) in [5, 5.41) is 11.3. The molecule has 35 heavy (non-hydrogen) atoms. The molecule has 2 heterocycles. The zero-order valence-corrected chi connectivity index (χ0v) is 19.9. The quantitative estimate of drug-likeness (QED) is 0.330. The van der Waals surface area contributed by atoms with Crippen molar-refractivity contribution in [2.45, 2.75) is 64.4 Å². The molecule has 0 aliphatic carbocycles. The van der Waals surface area contributed by atoms with Crippen LogP contribution in [0.15, 0.2) is 42.5 Å². The summed E-state index contributed by atoms with van der Waals surface area (Å²) in [7, 11) is 0. The standard InChI is InChI=1S/C26H30F3N5O/c1-25(2,35)15-34-21(7-4-10-26(27,28)29)33-22-23(34)19-9-8-17(13-20(19)32-24(22)31)11-16-5-3-6-18(12-16)14-30/h3,5-6,8-9,12-13,35H,4,7,10-11,14-15,30H2,1-2H3,(H2,31,32). The molecule has 2 aromatic heterocycles. The third kappa shape index (κ3) is 5.91. The minimum Gasteiger partial charge on any atom is -0.389 e. The number of aliphatic hydroxyl groups is 1. The number of alkyl halides is 3. The van der Waals surface area contributed by atoms with Crippen LogP contribution in [-0.4, -0.2) is 31.4 Å². The van der Waals surface area contributed by atoms with Gasteiger partial charge in [-0.3, -0.25) is 0 Å². The molecular weight excluding hydrogens is 455 g/mol. The van der Waals surface area contributed by atoms with E-state index < -0.39 is 18.2 Å². The smallest absolute Gasteiger partial charge is 0.389 e. The SMILES string of the molecule is CC(C)(O)Cn1c(CCCC(F)(F)F)nc2c(N)nc3cc(Cc4cccc(CN)c4)ccc3c21. The van der Waals surface area contributed by atoms with Crippen LogP contribution < -0.4 is 11.5 Å². The molecule has 0 amide bonds. The third-order valence-electron chi connectivity index (χ3n) is 5.89. The Kier molecular flexibility index (Phi) is 6.75. The summed E-state index contributed by atoms with van der Waals surface area (Å²) in [5.74, 6) is 0.663. The number of fused-ring (bicyclic) bond motifs is 3. The number of halogens is 3. The monoisotopic (exact) mass is 485 g/mol. The fraction of sp³-hybridized carbons (Fsp3) is 0.385. The van der Waals surface area contributed by atoms with E-state index >= 15 is 0 Å². The second-order valence-electron chi connectivity index (χ2n) is 9.64. The Morgan fingerprint density at radius 1 is 1.00 bits per heavy atom. The minimum atomic E-state index is -4.24. The average molecular weight is 486 g/mol. The van der Waals surface area contributed by atoms with Crippen molar-refractivity contribution in [2.75, 3.05) is 5.73 Å². The lowest BCUT2D eigenvalue weighted by molar-refractivity contribution is -0.135. The number of rotatable bonds is 8. The van der Waals surface area contributed by atoms with Crippen molar-refractivity contribution in [3.63, 3.8) is 0 Å². The van der Waals surface area contributed by atoms with Crippen LogP contribution in [0.1, 0.15) is 49.2 Å². The van der Waals surface area contributed by atoms with Crippen LogP contribution in [0.4, 0.5) is 19.0 Å². The van der Waals surface area contributed by atoms with Crippen LogP contribution in [0.5, 0.6) is 0 Å². The van der Waals surface area contributed by atoms with Gasteiger partial charge in [0.1, 0.15) is 11.3 Å². The van der Waals surface area contributed by atoms with Crippen LogP contribution in [-0.2, 0) is 25.9 Å². The van der Waals surface area contributed by atoms with Crippen LogP contribution in [0, 0.1) is 0 Å². The number of aryl methyl sites for hydroxylation is 1. The first kappa shape index (κ1) is 24.9. The molecule has 0 atom stereocenters. The lowest BCUT2D eigenvalue weighted by Gasteiger charge is -2.21. The molecule has 0 spiro atoms. The number of pyridine rings is 1. The van der Waals surface area contributed by atoms with Gasteiger partial charge in [-0.25, -0.2) is 9.97 Å². The second-order valence-corrected chi connectivity index (χ2v) is 9.64. The van der Waals surface area contributed by atoms with Gasteiger partial charge >= 0.3 is 6.18 Å². The average Bonchev–Trinajstić information content (AvgIpc) is 3.10. The zero-order valence-electron chi connectivity index (χ0n) is 19.9. The first-order chi connectivity index (χ1) is 16.4. The van der Waals surface area contributed by atoms with Crippen molar-refractivity contribution in [3.8, 4) is 0 Å². The Bertz CT molecular complexity index is 1360. The molecule has 0 fully saturated rings. The molecule has 9 heteroatoms. The highest BCUT2D eigenvalue weighted by molar-refractivity contribution is 6.06. The summed E-state index contributed by atoms with van der Waals surface area (Å²) < 4.78 is 40.0. The van der Waals surface area contributed by atoms with Gasteiger partial charge in [0.05, 0.1) is 23.2 Å². The van der Waals surface area contributed by atoms with Gasteiger partial charge in [0, 0.05) is 24.8 Å². The summed E-state index contributed by atoms with van der Waals surface area (Å²) in [6.07, 6.45) is -4.44. The molecule has 6 nitrogen and oxygen atoms in total. The zero-order chi connectivity index (χ0) is 25.4. The number of imidazole rings is 1. The number of hydrogen-bond acceptors (Lipinski definition) is 5. The van der Waals surface area contributed by atoms with Crippen LogP contribution in [0.2, 0.25) is 0 Å². The minimum absolute atomic E-state index is 0.101. The lowest BCUT2D eigenvalue weighted by Crippen LogP contribution is -2.27. The van der Waals surface area contributed by atoms with E-state index in [0.717, 1.165) is 22.1 Å². The van der Waals surface area contributed by atoms with E-state index in [9.17, 15) is 18.3 Å². The van der Waals surface area contributed by atoms with Crippen molar-refractivity contribution in [1.29, 1.82) is 0 Å². The van der Waals surface area contributed by atoms with Crippen molar-refractivity contribution in [1.82, 2.24) is 14.5 Å². The summed E-state index contributed by atoms with van der Waals surface area (Å²) in [5.41, 5.74) is 15.9. The highest BCUT2D eigenvalue weighted by atomic mass is 19.4. The molecule has 4 aromatic rings. The fourth-order valence-electron chi connectivity index (χ4n) is 4.41. The molecule has 186 valence electrons. The van der Waals surface area contributed by atoms with Gasteiger partial charge in [0.2, 0.25) is 0 Å². The molecule has 2 aromatic carbocycles. The predicted molar refractivity (Wildman–Crippen MR) is 132 cm³/mol. The molecule has 5 N–H and O–H groups in total. The van der Waals surface area contributed by atoms with Crippen LogP contribution in [0.25, 0.3) is 21.9 Å². The first-order valence-electron chi connectivity index (χ1n) is 11.6. The summed E-state index contributed by atoms with van der Waals surface area (Å²) >= 11 is 0. The molecule has 0 radical (unpaired) electrons. The van der Waals surface area contributed by atoms with E-state index in [1.165, 1.54) is 0 Å². The van der Waals surface area contributed by atoms with Gasteiger partial charge in [-0.15, -0.1) is 0 Å². The normalized spacial score (nSPS) is 12.7. The largest absolute Gasteiger partial charge is 0.389 e. The fourth-order valence-corrected chi connectivity index (χ4v) is 4.41. The van der Waals surface area contributed by atoms with E-state index in [-0.39, 0.29) is 25.2 Å². The Hall–Kier alpha value is -3.17. The first-order valence-corrected chi connectivity index (χ1v) is 11.6. The number of hydrogen-bond donors (Lipinski definition) is 3. The molecular formula is C26H30F3N5O. The van der Waals surface area contributed by atoms with Crippen molar-refractivity contribution < 1.29 is 18.3 Å². The number of nitrogen functional groups attached to an aromatic ring is 1. The summed E-state index contributed by atoms with van der Waals surface area (Å²) in [4.78, 5) is 9.11. The molecule has 0 bridgehead atoms. The van der Waals surface area contributed by atoms with Gasteiger partial charge in [-0.2, -0.15) is 13.2 Å². The van der Waals surface area contributed by atoms with E-state index in [1.807, 2.05) is 36.4 Å². The van der Waals surface area contributed by atoms with E-state index in [2.05, 4.69) is 16.0 Å². The van der Waals surface area contributed by atoms with Gasteiger partial charge in [-0.1, -0.05) is 36.4 Å². The van der Waals surface area contributed by atoms with Crippen molar-refractivity contribution >= 4 is 27.8 Å². The van der Waals surface area contributed by atoms with E-state index in [0.29, 0.717) is 35.3 Å². The van der Waals surface area contributed by atoms with E-state index in [1.54, 1.807) is 18.4 Å². The molecule has 0 aliphatic rings. The lowest BCUT2D eigenvalue weighted by atomic mass is 10.0. The number of benzene rings is 2. The number of nitrogens with zero attached hydrogens (tertiary/aromatic N) is 3. The number of anilines is 1. The number of aromatic nitrogens is 3. The van der Waals surface area contributed by atoms with Crippen molar-refractivity contribution in [3.05, 3.63) is 65.0 Å². The second kappa shape index (κ2) is 9.47. The maximum atomic E-state index is 12.7. The van der Waals surface area contributed by atoms with Gasteiger partial charge in [-0.05, 0) is 49.4 Å². The molecule has 0 saturated carbocycles. The Labute approximate surface area is 201 Å². The topological polar surface area (TPSA) is 103 Å². The Balaban J connectivity index is 1.78. The van der Waals surface area contributed by atoms with Crippen LogP contribution in [0.3, 0.4) is 0 Å². The van der Waals surface area contributed by atoms with Gasteiger partial charge in [0.15, 0.2) is 5.82 Å². The summed E-state index contributed by atoms with van der Waals surface area (Å²) in [6, 6.07) is 14.0. The highest BCUT2D eigenvalue weighted by Gasteiger charge is 2.27. The van der Waals surface area contributed by atoms with Gasteiger partial charge in [0.25, 0.3) is 0 Å². The molecule has 0 unspecified atom stereocenters.